The number of Topliss-reactive ketones (excluding diaryl/α,β-unsaturated/α-hetero) is 1. The minimum atomic E-state index is -0.877. The summed E-state index contributed by atoms with van der Waals surface area (Å²) in [6, 6.07) is 11.0. The Kier molecular flexibility index (Phi) is 7.71. The van der Waals surface area contributed by atoms with E-state index in [4.69, 9.17) is 10.5 Å². The van der Waals surface area contributed by atoms with E-state index in [0.29, 0.717) is 24.9 Å². The second-order valence-corrected chi connectivity index (χ2v) is 12.1. The Balaban J connectivity index is 1.83. The number of anilines is 1. The molecule has 0 bridgehead atoms. The highest BCUT2D eigenvalue weighted by atomic mass is 32.2. The van der Waals surface area contributed by atoms with Crippen LogP contribution in [0.4, 0.5) is 5.69 Å². The van der Waals surface area contributed by atoms with Gasteiger partial charge < -0.3 is 15.6 Å². The Morgan fingerprint density at radius 3 is 2.38 bits per heavy atom. The summed E-state index contributed by atoms with van der Waals surface area (Å²) in [5.41, 5.74) is 8.86. The summed E-state index contributed by atoms with van der Waals surface area (Å²) in [7, 11) is 0. The molecule has 6 heteroatoms. The molecule has 0 amide bonds. The number of cyclic esters (lactones) is 1. The number of ketones is 1. The lowest BCUT2D eigenvalue weighted by atomic mass is 9.80. The lowest BCUT2D eigenvalue weighted by Crippen LogP contribution is -2.50. The summed E-state index contributed by atoms with van der Waals surface area (Å²) in [6.45, 7) is 12.4. The van der Waals surface area contributed by atoms with Crippen molar-refractivity contribution in [2.45, 2.75) is 88.4 Å². The third kappa shape index (κ3) is 6.15. The number of carbonyl (C=O) groups is 2. The topological polar surface area (TPSA) is 89.6 Å². The number of aryl methyl sites for hydroxylation is 2. The number of carbonyl (C=O) groups excluding carboxylic acids is 2. The first-order chi connectivity index (χ1) is 15.8. The Bertz CT molecular complexity index is 1040. The molecule has 3 rings (SSSR count). The van der Waals surface area contributed by atoms with Crippen LogP contribution in [0.15, 0.2) is 41.3 Å². The van der Waals surface area contributed by atoms with E-state index < -0.39 is 16.8 Å². The molecule has 0 spiro atoms. The second-order valence-electron chi connectivity index (χ2n) is 11.0. The van der Waals surface area contributed by atoms with E-state index in [0.717, 1.165) is 21.6 Å². The normalized spacial score (nSPS) is 21.1. The average Bonchev–Trinajstić information content (AvgIpc) is 2.71. The van der Waals surface area contributed by atoms with Gasteiger partial charge in [0.05, 0.1) is 0 Å². The quantitative estimate of drug-likeness (QED) is 0.286. The molecule has 0 saturated carbocycles. The van der Waals surface area contributed by atoms with Crippen LogP contribution in [-0.4, -0.2) is 27.7 Å². The number of nitrogen functional groups attached to an aromatic ring is 1. The van der Waals surface area contributed by atoms with E-state index in [2.05, 4.69) is 34.6 Å². The highest BCUT2D eigenvalue weighted by Gasteiger charge is 2.47. The molecule has 0 aromatic heterocycles. The molecule has 2 aromatic carbocycles. The molecule has 184 valence electrons. The van der Waals surface area contributed by atoms with Gasteiger partial charge in [0.1, 0.15) is 11.4 Å². The van der Waals surface area contributed by atoms with Gasteiger partial charge in [-0.25, -0.2) is 0 Å². The summed E-state index contributed by atoms with van der Waals surface area (Å²) in [5.74, 6) is -0.0481. The zero-order valence-electron chi connectivity index (χ0n) is 21.1. The average molecular weight is 484 g/mol. The first kappa shape index (κ1) is 26.1. The van der Waals surface area contributed by atoms with Gasteiger partial charge in [-0.05, 0) is 78.5 Å². The molecule has 2 atom stereocenters. The predicted octanol–water partition coefficient (Wildman–Crippen LogP) is 5.97. The summed E-state index contributed by atoms with van der Waals surface area (Å²) >= 11 is 1.29. The van der Waals surface area contributed by atoms with Gasteiger partial charge >= 0.3 is 5.97 Å². The molecule has 0 aliphatic carbocycles. The van der Waals surface area contributed by atoms with Crippen LogP contribution in [-0.2, 0) is 26.2 Å². The number of benzene rings is 2. The van der Waals surface area contributed by atoms with Crippen LogP contribution in [0.1, 0.15) is 70.6 Å². The van der Waals surface area contributed by atoms with Gasteiger partial charge in [0.15, 0.2) is 11.0 Å². The van der Waals surface area contributed by atoms with E-state index in [1.807, 2.05) is 31.2 Å². The highest BCUT2D eigenvalue weighted by molar-refractivity contribution is 8.01. The molecule has 1 fully saturated rings. The van der Waals surface area contributed by atoms with Crippen molar-refractivity contribution >= 4 is 29.2 Å². The first-order valence-corrected chi connectivity index (χ1v) is 12.8. The van der Waals surface area contributed by atoms with E-state index in [1.54, 1.807) is 12.1 Å². The van der Waals surface area contributed by atoms with E-state index in [-0.39, 0.29) is 29.3 Å². The first-order valence-electron chi connectivity index (χ1n) is 11.9. The summed E-state index contributed by atoms with van der Waals surface area (Å²) in [6.07, 6.45) is 2.08. The zero-order valence-corrected chi connectivity index (χ0v) is 21.9. The van der Waals surface area contributed by atoms with Crippen molar-refractivity contribution in [1.29, 1.82) is 0 Å². The van der Waals surface area contributed by atoms with Crippen LogP contribution >= 0.6 is 11.8 Å². The van der Waals surface area contributed by atoms with E-state index >= 15 is 0 Å². The maximum atomic E-state index is 13.4. The van der Waals surface area contributed by atoms with Crippen LogP contribution < -0.4 is 5.73 Å². The third-order valence-electron chi connectivity index (χ3n) is 6.33. The molecule has 34 heavy (non-hydrogen) atoms. The molecule has 3 N–H and O–H groups in total. The van der Waals surface area contributed by atoms with Gasteiger partial charge in [-0.1, -0.05) is 46.8 Å². The number of phenolic OH excluding ortho intramolecular Hbond substituents is 1. The molecule has 1 saturated heterocycles. The van der Waals surface area contributed by atoms with Crippen molar-refractivity contribution in [3.05, 3.63) is 53.1 Å². The predicted molar refractivity (Wildman–Crippen MR) is 138 cm³/mol. The maximum absolute atomic E-state index is 13.4. The third-order valence-corrected chi connectivity index (χ3v) is 7.61. The number of aromatic hydroxyl groups is 1. The maximum Gasteiger partial charge on any atom is 0.327 e. The Hall–Kier alpha value is -2.47. The van der Waals surface area contributed by atoms with Crippen molar-refractivity contribution < 1.29 is 19.4 Å². The Labute approximate surface area is 207 Å². The Morgan fingerprint density at radius 1 is 1.18 bits per heavy atom. The van der Waals surface area contributed by atoms with E-state index in [1.165, 1.54) is 11.8 Å². The van der Waals surface area contributed by atoms with Gasteiger partial charge in [-0.2, -0.15) is 0 Å². The minimum Gasteiger partial charge on any atom is -0.508 e. The molecular formula is C28H37NO4S. The van der Waals surface area contributed by atoms with Crippen molar-refractivity contribution in [1.82, 2.24) is 0 Å². The molecule has 0 radical (unpaired) electrons. The Morgan fingerprint density at radius 2 is 1.82 bits per heavy atom. The van der Waals surface area contributed by atoms with Crippen LogP contribution in [0.5, 0.6) is 5.75 Å². The van der Waals surface area contributed by atoms with Crippen LogP contribution in [0.3, 0.4) is 0 Å². The number of ether oxygens (including phenoxy) is 1. The molecule has 1 aliphatic rings. The summed E-state index contributed by atoms with van der Waals surface area (Å²) in [5, 5.41) is 8.66. The fraction of sp³-hybridized carbons (Fsp3) is 0.500. The monoisotopic (exact) mass is 483 g/mol. The van der Waals surface area contributed by atoms with Gasteiger partial charge in [-0.3, -0.25) is 9.59 Å². The molecule has 2 unspecified atom stereocenters. The van der Waals surface area contributed by atoms with Crippen LogP contribution in [0, 0.1) is 12.8 Å². The highest BCUT2D eigenvalue weighted by Crippen LogP contribution is 2.42. The van der Waals surface area contributed by atoms with E-state index in [9.17, 15) is 14.7 Å². The molecular weight excluding hydrogens is 446 g/mol. The smallest absolute Gasteiger partial charge is 0.327 e. The number of nitrogens with two attached hydrogens (primary N) is 1. The summed E-state index contributed by atoms with van der Waals surface area (Å²) < 4.78 is 6.11. The van der Waals surface area contributed by atoms with Crippen molar-refractivity contribution in [3.8, 4) is 5.75 Å². The zero-order chi connectivity index (χ0) is 25.3. The fourth-order valence-electron chi connectivity index (χ4n) is 4.60. The van der Waals surface area contributed by atoms with Crippen LogP contribution in [0.2, 0.25) is 0 Å². The number of hydrogen-bond donors (Lipinski definition) is 2. The summed E-state index contributed by atoms with van der Waals surface area (Å²) in [4.78, 5) is 27.5. The largest absolute Gasteiger partial charge is 0.508 e. The number of esters is 1. The van der Waals surface area contributed by atoms with Gasteiger partial charge in [0, 0.05) is 17.0 Å². The molecule has 5 nitrogen and oxygen atoms in total. The van der Waals surface area contributed by atoms with Crippen LogP contribution in [0.25, 0.3) is 0 Å². The molecule has 1 aliphatic heterocycles. The lowest BCUT2D eigenvalue weighted by Gasteiger charge is -2.40. The second kappa shape index (κ2) is 10.0. The number of phenols is 1. The van der Waals surface area contributed by atoms with Crippen molar-refractivity contribution in [2.24, 2.45) is 5.92 Å². The number of hydrogen-bond acceptors (Lipinski definition) is 6. The molecule has 2 aromatic rings. The number of thioether (sulfide) groups is 1. The molecule has 1 heterocycles. The minimum absolute atomic E-state index is 0.0815. The van der Waals surface area contributed by atoms with Gasteiger partial charge in [0.2, 0.25) is 0 Å². The lowest BCUT2D eigenvalue weighted by molar-refractivity contribution is -0.172. The SMILES string of the molecule is Cc1cc(SC2C(=O)CC(CCc3ccc(O)cc3)(CC(C)C)OC2=O)c(C(C)(C)C)cc1N. The fourth-order valence-corrected chi connectivity index (χ4v) is 5.95. The van der Waals surface area contributed by atoms with Gasteiger partial charge in [-0.15, -0.1) is 11.8 Å². The van der Waals surface area contributed by atoms with Crippen molar-refractivity contribution in [3.63, 3.8) is 0 Å². The number of rotatable bonds is 7. The van der Waals surface area contributed by atoms with Gasteiger partial charge in [0.25, 0.3) is 0 Å². The van der Waals surface area contributed by atoms with Crippen molar-refractivity contribution in [2.75, 3.05) is 5.73 Å². The standard InChI is InChI=1S/C28H37NO4S/c1-17(2)15-28(12-11-19-7-9-20(30)10-8-19)16-23(31)25(26(32)33-28)34-24-13-18(3)22(29)14-21(24)27(4,5)6/h7-10,13-14,17,25,30H,11-12,15-16,29H2,1-6H3.